The molecule has 0 radical (unpaired) electrons. The van der Waals surface area contributed by atoms with E-state index in [1.54, 1.807) is 12.1 Å². The van der Waals surface area contributed by atoms with Crippen LogP contribution < -0.4 is 0 Å². The summed E-state index contributed by atoms with van der Waals surface area (Å²) in [6.45, 7) is 0. The first kappa shape index (κ1) is 10.6. The van der Waals surface area contributed by atoms with E-state index >= 15 is 0 Å². The van der Waals surface area contributed by atoms with Crippen molar-refractivity contribution in [3.8, 4) is 0 Å². The number of nitro groups is 1. The van der Waals surface area contributed by atoms with Gasteiger partial charge in [-0.3, -0.25) is 10.1 Å². The van der Waals surface area contributed by atoms with Crippen LogP contribution in [0.3, 0.4) is 0 Å². The van der Waals surface area contributed by atoms with Crippen LogP contribution in [0, 0.1) is 10.1 Å². The van der Waals surface area contributed by atoms with E-state index in [0.717, 1.165) is 9.86 Å². The predicted octanol–water partition coefficient (Wildman–Crippen LogP) is 4.27. The zero-order valence-corrected chi connectivity index (χ0v) is 10.6. The Labute approximate surface area is 103 Å². The zero-order chi connectivity index (χ0) is 11.0. The maximum atomic E-state index is 10.8. The molecule has 0 amide bonds. The number of halogens is 2. The lowest BCUT2D eigenvalue weighted by Gasteiger charge is -2.03. The summed E-state index contributed by atoms with van der Waals surface area (Å²) in [7, 11) is 0. The Balaban J connectivity index is 2.94. The molecule has 2 aromatic rings. The van der Waals surface area contributed by atoms with Crippen LogP contribution in [-0.2, 0) is 0 Å². The fraction of sp³-hybridized carbons (Fsp3) is 0. The molecule has 2 aromatic carbocycles. The maximum Gasteiger partial charge on any atom is 0.278 e. The molecule has 0 bridgehead atoms. The molecule has 0 fully saturated rings. The molecule has 0 heterocycles. The summed E-state index contributed by atoms with van der Waals surface area (Å²) >= 11 is 6.68. The van der Waals surface area contributed by atoms with E-state index in [0.29, 0.717) is 9.86 Å². The SMILES string of the molecule is O=[N+]([O-])c1cc(Br)c(Br)c2ccccc12. The van der Waals surface area contributed by atoms with Crippen LogP contribution in [-0.4, -0.2) is 4.92 Å². The minimum atomic E-state index is -0.375. The van der Waals surface area contributed by atoms with Gasteiger partial charge in [0.1, 0.15) is 0 Å². The van der Waals surface area contributed by atoms with E-state index in [1.807, 2.05) is 12.1 Å². The average molecular weight is 331 g/mol. The van der Waals surface area contributed by atoms with Gasteiger partial charge in [0.05, 0.1) is 10.3 Å². The van der Waals surface area contributed by atoms with E-state index in [9.17, 15) is 10.1 Å². The number of hydrogen-bond acceptors (Lipinski definition) is 2. The number of rotatable bonds is 1. The van der Waals surface area contributed by atoms with Gasteiger partial charge in [-0.25, -0.2) is 0 Å². The lowest BCUT2D eigenvalue weighted by molar-refractivity contribution is -0.383. The van der Waals surface area contributed by atoms with Crippen LogP contribution in [0.25, 0.3) is 10.8 Å². The lowest BCUT2D eigenvalue weighted by atomic mass is 10.1. The van der Waals surface area contributed by atoms with Gasteiger partial charge < -0.3 is 0 Å². The number of nitro benzene ring substituents is 1. The van der Waals surface area contributed by atoms with Gasteiger partial charge in [0.15, 0.2) is 0 Å². The minimum Gasteiger partial charge on any atom is -0.258 e. The molecular formula is C10H5Br2NO2. The Bertz CT molecular complexity index is 554. The Morgan fingerprint density at radius 2 is 1.73 bits per heavy atom. The second kappa shape index (κ2) is 3.90. The van der Waals surface area contributed by atoms with Gasteiger partial charge in [0.25, 0.3) is 5.69 Å². The van der Waals surface area contributed by atoms with Crippen molar-refractivity contribution in [2.45, 2.75) is 0 Å². The van der Waals surface area contributed by atoms with Gasteiger partial charge in [-0.15, -0.1) is 0 Å². The summed E-state index contributed by atoms with van der Waals surface area (Å²) < 4.78 is 1.52. The van der Waals surface area contributed by atoms with Crippen LogP contribution in [0.1, 0.15) is 0 Å². The number of benzene rings is 2. The second-order valence-corrected chi connectivity index (χ2v) is 4.64. The first-order chi connectivity index (χ1) is 7.11. The number of fused-ring (bicyclic) bond motifs is 1. The molecule has 0 aliphatic heterocycles. The highest BCUT2D eigenvalue weighted by Gasteiger charge is 2.15. The molecule has 0 aromatic heterocycles. The highest BCUT2D eigenvalue weighted by molar-refractivity contribution is 9.13. The smallest absolute Gasteiger partial charge is 0.258 e. The molecule has 0 spiro atoms. The summed E-state index contributed by atoms with van der Waals surface area (Å²) in [5, 5.41) is 12.3. The van der Waals surface area contributed by atoms with Gasteiger partial charge in [-0.1, -0.05) is 18.2 Å². The van der Waals surface area contributed by atoms with Crippen LogP contribution in [0.4, 0.5) is 5.69 Å². The number of non-ortho nitro benzene ring substituents is 1. The van der Waals surface area contributed by atoms with Crippen molar-refractivity contribution in [3.63, 3.8) is 0 Å². The molecule has 2 rings (SSSR count). The summed E-state index contributed by atoms with van der Waals surface area (Å²) in [6, 6.07) is 8.73. The molecule has 0 N–H and O–H groups in total. The van der Waals surface area contributed by atoms with E-state index in [2.05, 4.69) is 31.9 Å². The standard InChI is InChI=1S/C10H5Br2NO2/c11-8-5-9(13(14)15)6-3-1-2-4-7(6)10(8)12/h1-5H. The highest BCUT2D eigenvalue weighted by Crippen LogP contribution is 2.37. The fourth-order valence-electron chi connectivity index (χ4n) is 1.44. The largest absolute Gasteiger partial charge is 0.278 e. The van der Waals surface area contributed by atoms with Gasteiger partial charge in [0, 0.05) is 20.4 Å². The number of nitrogens with zero attached hydrogens (tertiary/aromatic N) is 1. The van der Waals surface area contributed by atoms with Gasteiger partial charge in [-0.2, -0.15) is 0 Å². The highest BCUT2D eigenvalue weighted by atomic mass is 79.9. The molecule has 3 nitrogen and oxygen atoms in total. The molecule has 0 saturated heterocycles. The van der Waals surface area contributed by atoms with Crippen molar-refractivity contribution in [3.05, 3.63) is 49.4 Å². The topological polar surface area (TPSA) is 43.1 Å². The Morgan fingerprint density at radius 3 is 2.33 bits per heavy atom. The summed E-state index contributed by atoms with van der Waals surface area (Å²) in [6.07, 6.45) is 0. The predicted molar refractivity (Wildman–Crippen MR) is 66.0 cm³/mol. The molecule has 0 saturated carbocycles. The second-order valence-electron chi connectivity index (χ2n) is 2.99. The molecule has 5 heteroatoms. The molecule has 15 heavy (non-hydrogen) atoms. The third-order valence-corrected chi connectivity index (χ3v) is 4.12. The molecule has 76 valence electrons. The lowest BCUT2D eigenvalue weighted by Crippen LogP contribution is -1.90. The van der Waals surface area contributed by atoms with Gasteiger partial charge in [-0.05, 0) is 37.9 Å². The number of hydrogen-bond donors (Lipinski definition) is 0. The normalized spacial score (nSPS) is 10.5. The van der Waals surface area contributed by atoms with E-state index in [1.165, 1.54) is 6.07 Å². The van der Waals surface area contributed by atoms with Crippen LogP contribution in [0.5, 0.6) is 0 Å². The molecule has 0 unspecified atom stereocenters. The van der Waals surface area contributed by atoms with Crippen molar-refractivity contribution in [1.82, 2.24) is 0 Å². The first-order valence-corrected chi connectivity index (χ1v) is 5.71. The first-order valence-electron chi connectivity index (χ1n) is 4.12. The van der Waals surface area contributed by atoms with Crippen LogP contribution >= 0.6 is 31.9 Å². The maximum absolute atomic E-state index is 10.8. The van der Waals surface area contributed by atoms with Crippen LogP contribution in [0.2, 0.25) is 0 Å². The quantitative estimate of drug-likeness (QED) is 0.578. The Kier molecular flexibility index (Phi) is 2.75. The van der Waals surface area contributed by atoms with E-state index < -0.39 is 0 Å². The Hall–Kier alpha value is -0.940. The summed E-state index contributed by atoms with van der Waals surface area (Å²) in [4.78, 5) is 10.5. The van der Waals surface area contributed by atoms with Crippen molar-refractivity contribution < 1.29 is 4.92 Å². The van der Waals surface area contributed by atoms with Crippen molar-refractivity contribution >= 4 is 48.3 Å². The van der Waals surface area contributed by atoms with E-state index in [-0.39, 0.29) is 10.6 Å². The molecule has 0 aliphatic carbocycles. The zero-order valence-electron chi connectivity index (χ0n) is 7.41. The van der Waals surface area contributed by atoms with Gasteiger partial charge in [0.2, 0.25) is 0 Å². The monoisotopic (exact) mass is 329 g/mol. The fourth-order valence-corrected chi connectivity index (χ4v) is 2.33. The van der Waals surface area contributed by atoms with Crippen molar-refractivity contribution in [2.24, 2.45) is 0 Å². The third kappa shape index (κ3) is 1.77. The van der Waals surface area contributed by atoms with Crippen LogP contribution in [0.15, 0.2) is 39.3 Å². The third-order valence-electron chi connectivity index (χ3n) is 2.11. The Morgan fingerprint density at radius 1 is 1.13 bits per heavy atom. The average Bonchev–Trinajstić information content (AvgIpc) is 2.23. The summed E-state index contributed by atoms with van der Waals surface area (Å²) in [5.74, 6) is 0. The van der Waals surface area contributed by atoms with Crippen molar-refractivity contribution in [2.75, 3.05) is 0 Å². The molecule has 0 aliphatic rings. The molecule has 0 atom stereocenters. The van der Waals surface area contributed by atoms with Crippen molar-refractivity contribution in [1.29, 1.82) is 0 Å². The van der Waals surface area contributed by atoms with Gasteiger partial charge >= 0.3 is 0 Å². The summed E-state index contributed by atoms with van der Waals surface area (Å²) in [5.41, 5.74) is 0.112. The van der Waals surface area contributed by atoms with E-state index in [4.69, 9.17) is 0 Å². The molecular weight excluding hydrogens is 326 g/mol. The minimum absolute atomic E-state index is 0.112.